The van der Waals surface area contributed by atoms with E-state index in [9.17, 15) is 18.0 Å². The van der Waals surface area contributed by atoms with Crippen LogP contribution in [-0.4, -0.2) is 23.6 Å². The molecule has 2 aromatic rings. The van der Waals surface area contributed by atoms with Gasteiger partial charge in [0.25, 0.3) is 0 Å². The smallest absolute Gasteiger partial charge is 0.244 e. The average Bonchev–Trinajstić information content (AvgIpc) is 2.57. The summed E-state index contributed by atoms with van der Waals surface area (Å²) >= 11 is 0. The highest BCUT2D eigenvalue weighted by Gasteiger charge is 2.37. The zero-order chi connectivity index (χ0) is 19.4. The Balaban J connectivity index is 2.50. The van der Waals surface area contributed by atoms with Crippen LogP contribution >= 0.6 is 0 Å². The molecule has 0 fully saturated rings. The molecule has 0 N–H and O–H groups in total. The summed E-state index contributed by atoms with van der Waals surface area (Å²) in [7, 11) is 0. The molecule has 2 rings (SSSR count). The highest BCUT2D eigenvalue weighted by atomic mass is 19.4. The van der Waals surface area contributed by atoms with E-state index in [1.807, 2.05) is 20.8 Å². The standard InChI is InChI=1S/C20H19F3N2O/c1-19(2,3)16(14-10-6-4-7-11-14)24-18(26)25-17(20(21,22)23)15-12-8-5-9-13-15/h4-13H,1-3H3. The van der Waals surface area contributed by atoms with Crippen molar-refractivity contribution < 1.29 is 18.0 Å². The van der Waals surface area contributed by atoms with Crippen LogP contribution in [-0.2, 0) is 0 Å². The summed E-state index contributed by atoms with van der Waals surface area (Å²) in [6, 6.07) is 14.7. The first-order valence-electron chi connectivity index (χ1n) is 7.99. The first-order chi connectivity index (χ1) is 12.1. The summed E-state index contributed by atoms with van der Waals surface area (Å²) < 4.78 is 40.0. The van der Waals surface area contributed by atoms with E-state index in [-0.39, 0.29) is 5.56 Å². The molecule has 0 aliphatic carbocycles. The molecule has 0 unspecified atom stereocenters. The van der Waals surface area contributed by atoms with Gasteiger partial charge in [-0.2, -0.15) is 23.2 Å². The van der Waals surface area contributed by atoms with E-state index < -0.39 is 23.3 Å². The number of nitrogens with zero attached hydrogens (tertiary/aromatic N) is 2. The minimum absolute atomic E-state index is 0.180. The van der Waals surface area contributed by atoms with Crippen molar-refractivity contribution in [3.8, 4) is 0 Å². The molecule has 0 atom stereocenters. The zero-order valence-electron chi connectivity index (χ0n) is 14.7. The Bertz CT molecular complexity index is 748. The lowest BCUT2D eigenvalue weighted by Crippen LogP contribution is -2.26. The van der Waals surface area contributed by atoms with Gasteiger partial charge < -0.3 is 0 Å². The van der Waals surface area contributed by atoms with Crippen molar-refractivity contribution in [2.75, 3.05) is 0 Å². The molecule has 136 valence electrons. The third kappa shape index (κ3) is 5.12. The molecule has 2 amide bonds. The predicted octanol–water partition coefficient (Wildman–Crippen LogP) is 5.69. The number of halogens is 3. The largest absolute Gasteiger partial charge is 0.434 e. The first kappa shape index (κ1) is 19.6. The van der Waals surface area contributed by atoms with Gasteiger partial charge in [0.15, 0.2) is 5.71 Å². The molecule has 3 nitrogen and oxygen atoms in total. The van der Waals surface area contributed by atoms with Gasteiger partial charge in [0, 0.05) is 11.0 Å². The van der Waals surface area contributed by atoms with Gasteiger partial charge in [-0.15, -0.1) is 0 Å². The maximum atomic E-state index is 13.3. The Morgan fingerprint density at radius 3 is 1.50 bits per heavy atom. The van der Waals surface area contributed by atoms with E-state index in [2.05, 4.69) is 9.98 Å². The summed E-state index contributed by atoms with van der Waals surface area (Å²) in [5.41, 5.74) is -0.940. The van der Waals surface area contributed by atoms with Crippen LogP contribution in [0.25, 0.3) is 0 Å². The van der Waals surface area contributed by atoms with Gasteiger partial charge >= 0.3 is 12.2 Å². The molecule has 0 saturated heterocycles. The highest BCUT2D eigenvalue weighted by Crippen LogP contribution is 2.25. The molecule has 0 aromatic heterocycles. The topological polar surface area (TPSA) is 41.8 Å². The SMILES string of the molecule is CC(C)(C)C(=NC(=O)N=C(c1ccccc1)C(F)(F)F)c1ccccc1. The van der Waals surface area contributed by atoms with Crippen molar-refractivity contribution in [3.63, 3.8) is 0 Å². The molecule has 0 saturated carbocycles. The number of rotatable bonds is 2. The average molecular weight is 360 g/mol. The number of amides is 2. The molecule has 0 heterocycles. The predicted molar refractivity (Wildman–Crippen MR) is 96.9 cm³/mol. The summed E-state index contributed by atoms with van der Waals surface area (Å²) in [5, 5.41) is 0. The van der Waals surface area contributed by atoms with E-state index in [1.54, 1.807) is 36.4 Å². The van der Waals surface area contributed by atoms with Crippen LogP contribution in [0.5, 0.6) is 0 Å². The van der Waals surface area contributed by atoms with Crippen molar-refractivity contribution in [1.29, 1.82) is 0 Å². The molecule has 2 aromatic carbocycles. The molecule has 26 heavy (non-hydrogen) atoms. The first-order valence-corrected chi connectivity index (χ1v) is 7.99. The number of carbonyl (C=O) groups is 1. The van der Waals surface area contributed by atoms with Gasteiger partial charge in [-0.05, 0) is 5.56 Å². The second kappa shape index (κ2) is 7.64. The molecular weight excluding hydrogens is 341 g/mol. The van der Waals surface area contributed by atoms with E-state index in [0.717, 1.165) is 0 Å². The van der Waals surface area contributed by atoms with Crippen LogP contribution < -0.4 is 0 Å². The Morgan fingerprint density at radius 1 is 0.731 bits per heavy atom. The van der Waals surface area contributed by atoms with E-state index >= 15 is 0 Å². The lowest BCUT2D eigenvalue weighted by molar-refractivity contribution is -0.0580. The van der Waals surface area contributed by atoms with Crippen LogP contribution in [0.3, 0.4) is 0 Å². The maximum absolute atomic E-state index is 13.3. The number of alkyl halides is 3. The van der Waals surface area contributed by atoms with Crippen molar-refractivity contribution in [1.82, 2.24) is 0 Å². The van der Waals surface area contributed by atoms with Gasteiger partial charge in [0.2, 0.25) is 0 Å². The second-order valence-electron chi connectivity index (χ2n) is 6.68. The fourth-order valence-electron chi connectivity index (χ4n) is 2.37. The van der Waals surface area contributed by atoms with Gasteiger partial charge in [-0.1, -0.05) is 81.4 Å². The summed E-state index contributed by atoms with van der Waals surface area (Å²) in [5.74, 6) is 0. The van der Waals surface area contributed by atoms with Crippen LogP contribution in [0.4, 0.5) is 18.0 Å². The van der Waals surface area contributed by atoms with E-state index in [1.165, 1.54) is 24.3 Å². The Morgan fingerprint density at radius 2 is 1.12 bits per heavy atom. The maximum Gasteiger partial charge on any atom is 0.434 e. The lowest BCUT2D eigenvalue weighted by atomic mass is 9.85. The third-order valence-electron chi connectivity index (χ3n) is 3.49. The van der Waals surface area contributed by atoms with Crippen LogP contribution in [0.15, 0.2) is 70.6 Å². The van der Waals surface area contributed by atoms with Crippen LogP contribution in [0.2, 0.25) is 0 Å². The minimum atomic E-state index is -4.76. The van der Waals surface area contributed by atoms with E-state index in [0.29, 0.717) is 11.3 Å². The fraction of sp³-hybridized carbons (Fsp3) is 0.250. The monoisotopic (exact) mass is 360 g/mol. The number of hydrogen-bond acceptors (Lipinski definition) is 1. The fourth-order valence-corrected chi connectivity index (χ4v) is 2.37. The van der Waals surface area contributed by atoms with Gasteiger partial charge in [0.05, 0.1) is 5.71 Å². The summed E-state index contributed by atoms with van der Waals surface area (Å²) in [4.78, 5) is 19.4. The molecule has 0 radical (unpaired) electrons. The normalized spacial score (nSPS) is 13.6. The van der Waals surface area contributed by atoms with Gasteiger partial charge in [0.1, 0.15) is 0 Å². The molecule has 0 aliphatic heterocycles. The Kier molecular flexibility index (Phi) is 5.75. The minimum Gasteiger partial charge on any atom is -0.244 e. The summed E-state index contributed by atoms with van der Waals surface area (Å²) in [6.07, 6.45) is -4.76. The number of aliphatic imine (C=N–C) groups is 2. The zero-order valence-corrected chi connectivity index (χ0v) is 14.7. The highest BCUT2D eigenvalue weighted by molar-refractivity contribution is 6.13. The quantitative estimate of drug-likeness (QED) is 0.634. The molecule has 0 aliphatic rings. The van der Waals surface area contributed by atoms with Crippen LogP contribution in [0, 0.1) is 5.41 Å². The van der Waals surface area contributed by atoms with Gasteiger partial charge in [-0.3, -0.25) is 0 Å². The van der Waals surface area contributed by atoms with Crippen molar-refractivity contribution >= 4 is 17.5 Å². The van der Waals surface area contributed by atoms with Crippen molar-refractivity contribution in [3.05, 3.63) is 71.8 Å². The molecular formula is C20H19F3N2O. The van der Waals surface area contributed by atoms with Crippen molar-refractivity contribution in [2.24, 2.45) is 15.4 Å². The Hall–Kier alpha value is -2.76. The van der Waals surface area contributed by atoms with Crippen molar-refractivity contribution in [2.45, 2.75) is 26.9 Å². The second-order valence-corrected chi connectivity index (χ2v) is 6.68. The Labute approximate surface area is 150 Å². The summed E-state index contributed by atoms with van der Waals surface area (Å²) in [6.45, 7) is 5.49. The van der Waals surface area contributed by atoms with Gasteiger partial charge in [-0.25, -0.2) is 4.79 Å². The number of hydrogen-bond donors (Lipinski definition) is 0. The number of urea groups is 1. The van der Waals surface area contributed by atoms with E-state index in [4.69, 9.17) is 0 Å². The van der Waals surface area contributed by atoms with Crippen LogP contribution in [0.1, 0.15) is 31.9 Å². The lowest BCUT2D eigenvalue weighted by Gasteiger charge is -2.21. The molecule has 0 spiro atoms. The number of benzene rings is 2. The number of carbonyl (C=O) groups excluding carboxylic acids is 1. The molecule has 0 bridgehead atoms. The third-order valence-corrected chi connectivity index (χ3v) is 3.49. The molecule has 6 heteroatoms.